The number of nitrogens with zero attached hydrogens (tertiary/aromatic N) is 3. The maximum absolute atomic E-state index is 12.7. The SMILES string of the molecule is CC(C)c1ccccc1NC(=O)CSc1nnc(-c2cccc(Cl)c2)n1-c1ccccc1. The smallest absolute Gasteiger partial charge is 0.234 e. The summed E-state index contributed by atoms with van der Waals surface area (Å²) in [6.45, 7) is 4.22. The van der Waals surface area contributed by atoms with Gasteiger partial charge in [0.15, 0.2) is 11.0 Å². The van der Waals surface area contributed by atoms with Crippen LogP contribution in [0.4, 0.5) is 5.69 Å². The van der Waals surface area contributed by atoms with E-state index in [1.807, 2.05) is 83.4 Å². The largest absolute Gasteiger partial charge is 0.325 e. The fourth-order valence-electron chi connectivity index (χ4n) is 3.42. The highest BCUT2D eigenvalue weighted by atomic mass is 35.5. The Labute approximate surface area is 196 Å². The molecule has 0 aliphatic heterocycles. The molecule has 1 N–H and O–H groups in total. The minimum atomic E-state index is -0.0879. The first-order valence-corrected chi connectivity index (χ1v) is 11.7. The van der Waals surface area contributed by atoms with E-state index in [0.29, 0.717) is 21.9 Å². The summed E-state index contributed by atoms with van der Waals surface area (Å²) in [5.41, 5.74) is 3.73. The van der Waals surface area contributed by atoms with Crippen molar-refractivity contribution in [3.8, 4) is 17.1 Å². The first-order valence-electron chi connectivity index (χ1n) is 10.3. The van der Waals surface area contributed by atoms with Crippen LogP contribution in [0, 0.1) is 0 Å². The molecule has 162 valence electrons. The zero-order chi connectivity index (χ0) is 22.5. The van der Waals surface area contributed by atoms with Crippen molar-refractivity contribution in [3.63, 3.8) is 0 Å². The molecule has 0 radical (unpaired) electrons. The molecule has 5 nitrogen and oxygen atoms in total. The lowest BCUT2D eigenvalue weighted by atomic mass is 10.0. The van der Waals surface area contributed by atoms with Crippen LogP contribution in [0.25, 0.3) is 17.1 Å². The number of benzene rings is 3. The zero-order valence-electron chi connectivity index (χ0n) is 17.8. The molecule has 0 bridgehead atoms. The van der Waals surface area contributed by atoms with Gasteiger partial charge in [0.2, 0.25) is 5.91 Å². The summed E-state index contributed by atoms with van der Waals surface area (Å²) in [6.07, 6.45) is 0. The van der Waals surface area contributed by atoms with Gasteiger partial charge in [-0.15, -0.1) is 10.2 Å². The lowest BCUT2D eigenvalue weighted by Gasteiger charge is -2.14. The summed E-state index contributed by atoms with van der Waals surface area (Å²) in [5.74, 6) is 1.12. The topological polar surface area (TPSA) is 59.8 Å². The van der Waals surface area contributed by atoms with Gasteiger partial charge in [-0.1, -0.05) is 85.7 Å². The summed E-state index contributed by atoms with van der Waals surface area (Å²) in [4.78, 5) is 12.7. The molecular formula is C25H23ClN4OS. The van der Waals surface area contributed by atoms with Gasteiger partial charge in [0, 0.05) is 22.0 Å². The first-order chi connectivity index (χ1) is 15.5. The number of para-hydroxylation sites is 2. The maximum atomic E-state index is 12.7. The van der Waals surface area contributed by atoms with Crippen molar-refractivity contribution in [1.29, 1.82) is 0 Å². The summed E-state index contributed by atoms with van der Waals surface area (Å²) < 4.78 is 1.95. The molecule has 7 heteroatoms. The van der Waals surface area contributed by atoms with Gasteiger partial charge >= 0.3 is 0 Å². The minimum Gasteiger partial charge on any atom is -0.325 e. The molecule has 0 saturated heterocycles. The number of anilines is 1. The van der Waals surface area contributed by atoms with E-state index < -0.39 is 0 Å². The second-order valence-corrected chi connectivity index (χ2v) is 8.95. The molecule has 1 aromatic heterocycles. The van der Waals surface area contributed by atoms with Crippen LogP contribution in [0.15, 0.2) is 84.0 Å². The Kier molecular flexibility index (Phi) is 6.93. The summed E-state index contributed by atoms with van der Waals surface area (Å²) >= 11 is 7.55. The lowest BCUT2D eigenvalue weighted by molar-refractivity contribution is -0.113. The summed E-state index contributed by atoms with van der Waals surface area (Å²) in [6, 6.07) is 25.2. The number of halogens is 1. The van der Waals surface area contributed by atoms with E-state index in [4.69, 9.17) is 11.6 Å². The van der Waals surface area contributed by atoms with Gasteiger partial charge in [0.25, 0.3) is 0 Å². The quantitative estimate of drug-likeness (QED) is 0.321. The van der Waals surface area contributed by atoms with Gasteiger partial charge in [0.1, 0.15) is 0 Å². The molecule has 0 unspecified atom stereocenters. The molecule has 0 aliphatic rings. The highest BCUT2D eigenvalue weighted by Gasteiger charge is 2.18. The maximum Gasteiger partial charge on any atom is 0.234 e. The van der Waals surface area contributed by atoms with E-state index in [9.17, 15) is 4.79 Å². The number of nitrogens with one attached hydrogen (secondary N) is 1. The molecule has 1 heterocycles. The van der Waals surface area contributed by atoms with Crippen molar-refractivity contribution in [2.24, 2.45) is 0 Å². The van der Waals surface area contributed by atoms with Crippen LogP contribution in [-0.2, 0) is 4.79 Å². The van der Waals surface area contributed by atoms with Crippen LogP contribution in [0.2, 0.25) is 5.02 Å². The Morgan fingerprint density at radius 2 is 1.75 bits per heavy atom. The van der Waals surface area contributed by atoms with Crippen molar-refractivity contribution in [1.82, 2.24) is 14.8 Å². The van der Waals surface area contributed by atoms with Gasteiger partial charge in [-0.3, -0.25) is 9.36 Å². The minimum absolute atomic E-state index is 0.0879. The Balaban J connectivity index is 1.59. The van der Waals surface area contributed by atoms with Crippen molar-refractivity contribution >= 4 is 35.0 Å². The predicted octanol–water partition coefficient (Wildman–Crippen LogP) is 6.44. The highest BCUT2D eigenvalue weighted by Crippen LogP contribution is 2.30. The molecule has 3 aromatic carbocycles. The number of amides is 1. The third-order valence-electron chi connectivity index (χ3n) is 4.92. The number of carbonyl (C=O) groups is 1. The van der Waals surface area contributed by atoms with Gasteiger partial charge in [-0.05, 0) is 41.8 Å². The molecule has 0 saturated carbocycles. The van der Waals surface area contributed by atoms with Gasteiger partial charge in [0.05, 0.1) is 5.75 Å². The van der Waals surface area contributed by atoms with Crippen molar-refractivity contribution in [3.05, 3.63) is 89.4 Å². The Bertz CT molecular complexity index is 1220. The number of hydrogen-bond acceptors (Lipinski definition) is 4. The van der Waals surface area contributed by atoms with Gasteiger partial charge in [-0.25, -0.2) is 0 Å². The number of carbonyl (C=O) groups excluding carboxylic acids is 1. The number of rotatable bonds is 7. The Morgan fingerprint density at radius 3 is 2.50 bits per heavy atom. The predicted molar refractivity (Wildman–Crippen MR) is 132 cm³/mol. The summed E-state index contributed by atoms with van der Waals surface area (Å²) in [7, 11) is 0. The fourth-order valence-corrected chi connectivity index (χ4v) is 4.36. The van der Waals surface area contributed by atoms with E-state index >= 15 is 0 Å². The van der Waals surface area contributed by atoms with Crippen LogP contribution in [0.3, 0.4) is 0 Å². The average Bonchev–Trinajstić information content (AvgIpc) is 3.22. The molecule has 0 fully saturated rings. The first kappa shape index (κ1) is 22.1. The standard InChI is InChI=1S/C25H23ClN4OS/c1-17(2)21-13-6-7-14-22(21)27-23(31)16-32-25-29-28-24(18-9-8-10-19(26)15-18)30(25)20-11-4-3-5-12-20/h3-15,17H,16H2,1-2H3,(H,27,31). The Morgan fingerprint density at radius 1 is 1.00 bits per heavy atom. The molecule has 4 aromatic rings. The van der Waals surface area contributed by atoms with Crippen LogP contribution >= 0.6 is 23.4 Å². The molecule has 0 spiro atoms. The normalized spacial score (nSPS) is 11.0. The monoisotopic (exact) mass is 462 g/mol. The third-order valence-corrected chi connectivity index (χ3v) is 6.08. The number of aromatic nitrogens is 3. The second kappa shape index (κ2) is 10.0. The van der Waals surface area contributed by atoms with Crippen LogP contribution in [0.5, 0.6) is 0 Å². The van der Waals surface area contributed by atoms with E-state index in [1.54, 1.807) is 0 Å². The zero-order valence-corrected chi connectivity index (χ0v) is 19.4. The van der Waals surface area contributed by atoms with E-state index in [1.165, 1.54) is 11.8 Å². The van der Waals surface area contributed by atoms with Gasteiger partial charge in [-0.2, -0.15) is 0 Å². The Hall–Kier alpha value is -3.09. The van der Waals surface area contributed by atoms with Crippen LogP contribution < -0.4 is 5.32 Å². The molecule has 0 aliphatic carbocycles. The van der Waals surface area contributed by atoms with E-state index in [-0.39, 0.29) is 11.7 Å². The molecule has 4 rings (SSSR count). The second-order valence-electron chi connectivity index (χ2n) is 7.57. The van der Waals surface area contributed by atoms with Gasteiger partial charge < -0.3 is 5.32 Å². The molecular weight excluding hydrogens is 440 g/mol. The van der Waals surface area contributed by atoms with Crippen molar-refractivity contribution < 1.29 is 4.79 Å². The molecule has 1 amide bonds. The number of thioether (sulfide) groups is 1. The average molecular weight is 463 g/mol. The summed E-state index contributed by atoms with van der Waals surface area (Å²) in [5, 5.41) is 13.1. The molecule has 32 heavy (non-hydrogen) atoms. The third kappa shape index (κ3) is 5.03. The van der Waals surface area contributed by atoms with Crippen LogP contribution in [-0.4, -0.2) is 26.4 Å². The fraction of sp³-hybridized carbons (Fsp3) is 0.160. The molecule has 0 atom stereocenters. The van der Waals surface area contributed by atoms with E-state index in [0.717, 1.165) is 22.5 Å². The van der Waals surface area contributed by atoms with Crippen molar-refractivity contribution in [2.45, 2.75) is 24.9 Å². The van der Waals surface area contributed by atoms with Crippen molar-refractivity contribution in [2.75, 3.05) is 11.1 Å². The van der Waals surface area contributed by atoms with E-state index in [2.05, 4.69) is 29.4 Å². The van der Waals surface area contributed by atoms with Crippen LogP contribution in [0.1, 0.15) is 25.3 Å². The number of hydrogen-bond donors (Lipinski definition) is 1. The highest BCUT2D eigenvalue weighted by molar-refractivity contribution is 7.99. The lowest BCUT2D eigenvalue weighted by Crippen LogP contribution is -2.16.